The fourth-order valence-electron chi connectivity index (χ4n) is 2.50. The van der Waals surface area contributed by atoms with Crippen molar-refractivity contribution in [1.82, 2.24) is 10.0 Å². The standard InChI is InChI=1S/C14H21BrN2O2S.ClH/c1-10-8-13(5-6-14(10)15)20(18,19)17-11(2)12-4-3-7-16-9-12;/h5-6,8,11-12,16-17H,3-4,7,9H2,1-2H3;1H. The maximum atomic E-state index is 12.4. The summed E-state index contributed by atoms with van der Waals surface area (Å²) in [5.41, 5.74) is 0.917. The molecule has 0 radical (unpaired) electrons. The number of aryl methyl sites for hydroxylation is 1. The fraction of sp³-hybridized carbons (Fsp3) is 0.571. The molecule has 1 aromatic rings. The highest BCUT2D eigenvalue weighted by atomic mass is 79.9. The van der Waals surface area contributed by atoms with Gasteiger partial charge in [-0.1, -0.05) is 15.9 Å². The second-order valence-corrected chi connectivity index (χ2v) is 8.00. The van der Waals surface area contributed by atoms with Gasteiger partial charge in [-0.25, -0.2) is 13.1 Å². The third-order valence-corrected chi connectivity index (χ3v) is 6.27. The Morgan fingerprint density at radius 1 is 1.43 bits per heavy atom. The molecule has 2 N–H and O–H groups in total. The quantitative estimate of drug-likeness (QED) is 0.821. The number of halogens is 2. The van der Waals surface area contributed by atoms with Crippen LogP contribution in [0.2, 0.25) is 0 Å². The van der Waals surface area contributed by atoms with Gasteiger partial charge in [0.2, 0.25) is 10.0 Å². The minimum atomic E-state index is -3.45. The van der Waals surface area contributed by atoms with Crippen LogP contribution in [0.25, 0.3) is 0 Å². The zero-order valence-electron chi connectivity index (χ0n) is 12.2. The molecule has 120 valence electrons. The summed E-state index contributed by atoms with van der Waals surface area (Å²) in [5, 5.41) is 3.32. The van der Waals surface area contributed by atoms with Crippen molar-refractivity contribution in [1.29, 1.82) is 0 Å². The van der Waals surface area contributed by atoms with Crippen molar-refractivity contribution < 1.29 is 8.42 Å². The Balaban J connectivity index is 0.00000220. The van der Waals surface area contributed by atoms with E-state index in [0.717, 1.165) is 36.0 Å². The van der Waals surface area contributed by atoms with Crippen LogP contribution in [0, 0.1) is 12.8 Å². The molecule has 0 aromatic heterocycles. The number of benzene rings is 1. The van der Waals surface area contributed by atoms with Crippen molar-refractivity contribution in [2.24, 2.45) is 5.92 Å². The van der Waals surface area contributed by atoms with Gasteiger partial charge in [-0.15, -0.1) is 12.4 Å². The van der Waals surface area contributed by atoms with Crippen LogP contribution in [0.5, 0.6) is 0 Å². The summed E-state index contributed by atoms with van der Waals surface area (Å²) in [6, 6.07) is 5.04. The molecule has 0 aliphatic carbocycles. The lowest BCUT2D eigenvalue weighted by Gasteiger charge is -2.28. The smallest absolute Gasteiger partial charge is 0.240 e. The molecule has 7 heteroatoms. The van der Waals surface area contributed by atoms with E-state index in [1.165, 1.54) is 0 Å². The molecule has 1 heterocycles. The zero-order valence-corrected chi connectivity index (χ0v) is 15.4. The molecule has 4 nitrogen and oxygen atoms in total. The van der Waals surface area contributed by atoms with Crippen LogP contribution in [0.3, 0.4) is 0 Å². The first-order valence-corrected chi connectivity index (χ1v) is 9.17. The van der Waals surface area contributed by atoms with Crippen LogP contribution < -0.4 is 10.0 Å². The van der Waals surface area contributed by atoms with Crippen LogP contribution in [0.1, 0.15) is 25.3 Å². The molecule has 21 heavy (non-hydrogen) atoms. The second-order valence-electron chi connectivity index (χ2n) is 5.43. The van der Waals surface area contributed by atoms with Gasteiger partial charge < -0.3 is 5.32 Å². The summed E-state index contributed by atoms with van der Waals surface area (Å²) in [7, 11) is -3.45. The highest BCUT2D eigenvalue weighted by molar-refractivity contribution is 9.10. The van der Waals surface area contributed by atoms with E-state index in [9.17, 15) is 8.42 Å². The van der Waals surface area contributed by atoms with E-state index in [1.807, 2.05) is 13.8 Å². The summed E-state index contributed by atoms with van der Waals surface area (Å²) in [4.78, 5) is 0.328. The van der Waals surface area contributed by atoms with Crippen LogP contribution in [-0.4, -0.2) is 27.5 Å². The monoisotopic (exact) mass is 396 g/mol. The molecule has 1 aromatic carbocycles. The first-order valence-electron chi connectivity index (χ1n) is 6.89. The Morgan fingerprint density at radius 3 is 2.71 bits per heavy atom. The van der Waals surface area contributed by atoms with Gasteiger partial charge in [0.15, 0.2) is 0 Å². The van der Waals surface area contributed by atoms with E-state index in [2.05, 4.69) is 26.0 Å². The van der Waals surface area contributed by atoms with Crippen molar-refractivity contribution in [2.75, 3.05) is 13.1 Å². The van der Waals surface area contributed by atoms with E-state index in [4.69, 9.17) is 0 Å². The molecule has 2 atom stereocenters. The molecule has 1 saturated heterocycles. The maximum absolute atomic E-state index is 12.4. The lowest BCUT2D eigenvalue weighted by Crippen LogP contribution is -2.44. The molecule has 1 aliphatic heterocycles. The van der Waals surface area contributed by atoms with Gasteiger partial charge >= 0.3 is 0 Å². The van der Waals surface area contributed by atoms with Gasteiger partial charge in [-0.05, 0) is 69.5 Å². The van der Waals surface area contributed by atoms with Crippen LogP contribution in [0.15, 0.2) is 27.6 Å². The molecular weight excluding hydrogens is 376 g/mol. The summed E-state index contributed by atoms with van der Waals surface area (Å²) in [6.07, 6.45) is 2.17. The molecule has 0 spiro atoms. The lowest BCUT2D eigenvalue weighted by atomic mass is 9.94. The van der Waals surface area contributed by atoms with E-state index < -0.39 is 10.0 Å². The highest BCUT2D eigenvalue weighted by Gasteiger charge is 2.25. The van der Waals surface area contributed by atoms with Gasteiger partial charge in [-0.2, -0.15) is 0 Å². The minimum absolute atomic E-state index is 0. The molecule has 0 amide bonds. The molecule has 2 unspecified atom stereocenters. The van der Waals surface area contributed by atoms with Crippen molar-refractivity contribution >= 4 is 38.4 Å². The van der Waals surface area contributed by atoms with E-state index in [0.29, 0.717) is 10.8 Å². The SMILES string of the molecule is Cc1cc(S(=O)(=O)NC(C)C2CCCNC2)ccc1Br.Cl. The summed E-state index contributed by atoms with van der Waals surface area (Å²) < 4.78 is 28.5. The molecule has 0 bridgehead atoms. The Kier molecular flexibility index (Phi) is 7.13. The summed E-state index contributed by atoms with van der Waals surface area (Å²) in [6.45, 7) is 5.74. The minimum Gasteiger partial charge on any atom is -0.316 e. The van der Waals surface area contributed by atoms with Gasteiger partial charge in [0.1, 0.15) is 0 Å². The molecule has 1 fully saturated rings. The Morgan fingerprint density at radius 2 is 2.14 bits per heavy atom. The summed E-state index contributed by atoms with van der Waals surface area (Å²) in [5.74, 6) is 0.357. The zero-order chi connectivity index (χ0) is 14.8. The first-order chi connectivity index (χ1) is 9.40. The first kappa shape index (κ1) is 18.9. The fourth-order valence-corrected chi connectivity index (χ4v) is 4.14. The molecule has 2 rings (SSSR count). The lowest BCUT2D eigenvalue weighted by molar-refractivity contribution is 0.320. The predicted octanol–water partition coefficient (Wildman–Crippen LogP) is 2.85. The number of sulfonamides is 1. The van der Waals surface area contributed by atoms with Crippen LogP contribution in [0.4, 0.5) is 0 Å². The molecule has 0 saturated carbocycles. The van der Waals surface area contributed by atoms with Crippen molar-refractivity contribution in [3.8, 4) is 0 Å². The van der Waals surface area contributed by atoms with E-state index in [1.54, 1.807) is 18.2 Å². The third kappa shape index (κ3) is 4.93. The Labute approximate surface area is 141 Å². The average Bonchev–Trinajstić information content (AvgIpc) is 2.42. The van der Waals surface area contributed by atoms with Crippen molar-refractivity contribution in [3.63, 3.8) is 0 Å². The maximum Gasteiger partial charge on any atom is 0.240 e. The van der Waals surface area contributed by atoms with Gasteiger partial charge in [-0.3, -0.25) is 0 Å². The number of nitrogens with one attached hydrogen (secondary N) is 2. The summed E-state index contributed by atoms with van der Waals surface area (Å²) >= 11 is 3.39. The topological polar surface area (TPSA) is 58.2 Å². The predicted molar refractivity (Wildman–Crippen MR) is 91.5 cm³/mol. The van der Waals surface area contributed by atoms with Crippen molar-refractivity contribution in [2.45, 2.75) is 37.6 Å². The Hall–Kier alpha value is -0.140. The van der Waals surface area contributed by atoms with Gasteiger partial charge in [0, 0.05) is 10.5 Å². The number of hydrogen-bond acceptors (Lipinski definition) is 3. The van der Waals surface area contributed by atoms with E-state index >= 15 is 0 Å². The normalized spacial score (nSPS) is 20.6. The highest BCUT2D eigenvalue weighted by Crippen LogP contribution is 2.21. The van der Waals surface area contributed by atoms with E-state index in [-0.39, 0.29) is 18.4 Å². The second kappa shape index (κ2) is 7.92. The van der Waals surface area contributed by atoms with Gasteiger partial charge in [0.05, 0.1) is 4.90 Å². The number of hydrogen-bond donors (Lipinski definition) is 2. The van der Waals surface area contributed by atoms with Crippen LogP contribution >= 0.6 is 28.3 Å². The van der Waals surface area contributed by atoms with Gasteiger partial charge in [0.25, 0.3) is 0 Å². The third-order valence-electron chi connectivity index (χ3n) is 3.82. The average molecular weight is 398 g/mol. The molecule has 1 aliphatic rings. The number of rotatable bonds is 4. The molecular formula is C14H22BrClN2O2S. The van der Waals surface area contributed by atoms with Crippen LogP contribution in [-0.2, 0) is 10.0 Å². The Bertz CT molecular complexity index is 574. The largest absolute Gasteiger partial charge is 0.316 e. The number of piperidine rings is 1. The van der Waals surface area contributed by atoms with Crippen molar-refractivity contribution in [3.05, 3.63) is 28.2 Å².